The first kappa shape index (κ1) is 13.5. The molecule has 5 heteroatoms. The van der Waals surface area contributed by atoms with Crippen molar-refractivity contribution in [3.8, 4) is 0 Å². The lowest BCUT2D eigenvalue weighted by atomic mass is 10.0. The van der Waals surface area contributed by atoms with Gasteiger partial charge in [0.1, 0.15) is 6.04 Å². The Hall–Kier alpha value is -1.55. The third-order valence-electron chi connectivity index (χ3n) is 2.38. The fourth-order valence-corrected chi connectivity index (χ4v) is 1.65. The molecule has 2 amide bonds. The zero-order valence-electron chi connectivity index (χ0n) is 9.74. The van der Waals surface area contributed by atoms with E-state index in [1.54, 1.807) is 24.3 Å². The Bertz CT molecular complexity index is 432. The van der Waals surface area contributed by atoms with E-state index >= 15 is 0 Å². The molecule has 0 heterocycles. The molecule has 3 N–H and O–H groups in total. The molecular formula is C12H15ClN2O2. The van der Waals surface area contributed by atoms with Gasteiger partial charge in [-0.25, -0.2) is 0 Å². The monoisotopic (exact) mass is 254 g/mol. The minimum Gasteiger partial charge on any atom is -0.368 e. The maximum atomic E-state index is 11.9. The van der Waals surface area contributed by atoms with Crippen molar-refractivity contribution < 1.29 is 9.59 Å². The number of nitrogens with two attached hydrogens (primary N) is 1. The summed E-state index contributed by atoms with van der Waals surface area (Å²) in [5, 5.41) is 2.92. The van der Waals surface area contributed by atoms with Gasteiger partial charge in [-0.1, -0.05) is 37.6 Å². The first-order valence-electron chi connectivity index (χ1n) is 5.28. The third-order valence-corrected chi connectivity index (χ3v) is 2.71. The van der Waals surface area contributed by atoms with E-state index in [1.807, 2.05) is 13.8 Å². The second-order valence-electron chi connectivity index (χ2n) is 4.08. The first-order valence-corrected chi connectivity index (χ1v) is 5.66. The summed E-state index contributed by atoms with van der Waals surface area (Å²) >= 11 is 5.88. The molecule has 0 saturated heterocycles. The number of rotatable bonds is 4. The van der Waals surface area contributed by atoms with Gasteiger partial charge in [0, 0.05) is 0 Å². The highest BCUT2D eigenvalue weighted by Crippen LogP contribution is 2.15. The molecule has 0 fully saturated rings. The Labute approximate surface area is 105 Å². The van der Waals surface area contributed by atoms with E-state index < -0.39 is 17.9 Å². The Morgan fingerprint density at radius 2 is 1.88 bits per heavy atom. The first-order chi connectivity index (χ1) is 7.93. The average molecular weight is 255 g/mol. The largest absolute Gasteiger partial charge is 0.368 e. The number of carbonyl (C=O) groups is 2. The fraction of sp³-hybridized carbons (Fsp3) is 0.333. The minimum absolute atomic E-state index is 0.0704. The van der Waals surface area contributed by atoms with Crippen LogP contribution in [0.25, 0.3) is 0 Å². The summed E-state index contributed by atoms with van der Waals surface area (Å²) in [6.07, 6.45) is 0. The van der Waals surface area contributed by atoms with Crippen LogP contribution in [-0.4, -0.2) is 17.9 Å². The summed E-state index contributed by atoms with van der Waals surface area (Å²) in [5.41, 5.74) is 5.55. The maximum Gasteiger partial charge on any atom is 0.253 e. The minimum atomic E-state index is -0.696. The predicted octanol–water partition coefficient (Wildman–Crippen LogP) is 1.58. The number of nitrogens with one attached hydrogen (secondary N) is 1. The fourth-order valence-electron chi connectivity index (χ4n) is 1.43. The molecule has 1 aromatic carbocycles. The number of halogens is 1. The predicted molar refractivity (Wildman–Crippen MR) is 66.7 cm³/mol. The number of hydrogen-bond donors (Lipinski definition) is 2. The second kappa shape index (κ2) is 5.68. The van der Waals surface area contributed by atoms with Gasteiger partial charge in [0.25, 0.3) is 5.91 Å². The van der Waals surface area contributed by atoms with E-state index in [1.165, 1.54) is 0 Å². The lowest BCUT2D eigenvalue weighted by Crippen LogP contribution is -2.47. The van der Waals surface area contributed by atoms with Crippen molar-refractivity contribution >= 4 is 23.4 Å². The zero-order valence-corrected chi connectivity index (χ0v) is 10.5. The van der Waals surface area contributed by atoms with E-state index in [2.05, 4.69) is 5.32 Å². The molecule has 1 rings (SSSR count). The van der Waals surface area contributed by atoms with E-state index in [0.29, 0.717) is 10.6 Å². The van der Waals surface area contributed by atoms with Gasteiger partial charge in [0.2, 0.25) is 5.91 Å². The van der Waals surface area contributed by atoms with Gasteiger partial charge in [-0.2, -0.15) is 0 Å². The van der Waals surface area contributed by atoms with Crippen molar-refractivity contribution in [3.05, 3.63) is 34.9 Å². The number of hydrogen-bond acceptors (Lipinski definition) is 2. The van der Waals surface area contributed by atoms with Crippen molar-refractivity contribution in [1.29, 1.82) is 0 Å². The molecule has 0 spiro atoms. The van der Waals surface area contributed by atoms with Crippen LogP contribution < -0.4 is 11.1 Å². The topological polar surface area (TPSA) is 72.2 Å². The van der Waals surface area contributed by atoms with Gasteiger partial charge in [-0.05, 0) is 18.1 Å². The Morgan fingerprint density at radius 3 is 2.35 bits per heavy atom. The molecule has 0 aliphatic heterocycles. The zero-order chi connectivity index (χ0) is 13.0. The summed E-state index contributed by atoms with van der Waals surface area (Å²) in [4.78, 5) is 23.0. The highest BCUT2D eigenvalue weighted by atomic mass is 35.5. The van der Waals surface area contributed by atoms with Crippen LogP contribution in [0.1, 0.15) is 24.2 Å². The molecule has 1 aromatic rings. The normalized spacial score (nSPS) is 12.2. The standard InChI is InChI=1S/C12H15ClN2O2/c1-7(2)10(11(14)16)15-12(17)8-5-3-4-6-9(8)13/h3-7,10H,1-2H3,(H2,14,16)(H,15,17)/t10-/m1/s1. The molecule has 4 nitrogen and oxygen atoms in total. The molecule has 17 heavy (non-hydrogen) atoms. The quantitative estimate of drug-likeness (QED) is 0.856. The average Bonchev–Trinajstić information content (AvgIpc) is 2.25. The van der Waals surface area contributed by atoms with Gasteiger partial charge < -0.3 is 11.1 Å². The van der Waals surface area contributed by atoms with Crippen LogP contribution in [0.4, 0.5) is 0 Å². The molecule has 0 aromatic heterocycles. The summed E-state index contributed by atoms with van der Waals surface area (Å²) in [5.74, 6) is -1.02. The maximum absolute atomic E-state index is 11.9. The smallest absolute Gasteiger partial charge is 0.253 e. The van der Waals surface area contributed by atoms with Crippen LogP contribution in [0.2, 0.25) is 5.02 Å². The SMILES string of the molecule is CC(C)[C@@H](NC(=O)c1ccccc1Cl)C(N)=O. The van der Waals surface area contributed by atoms with Crippen molar-refractivity contribution in [2.24, 2.45) is 11.7 Å². The lowest BCUT2D eigenvalue weighted by molar-refractivity contribution is -0.120. The molecule has 0 aliphatic rings. The Morgan fingerprint density at radius 1 is 1.29 bits per heavy atom. The van der Waals surface area contributed by atoms with Gasteiger partial charge in [0.15, 0.2) is 0 Å². The number of carbonyl (C=O) groups excluding carboxylic acids is 2. The molecule has 0 saturated carbocycles. The molecule has 0 radical (unpaired) electrons. The van der Waals surface area contributed by atoms with Crippen molar-refractivity contribution in [3.63, 3.8) is 0 Å². The Kier molecular flexibility index (Phi) is 4.52. The third kappa shape index (κ3) is 3.46. The lowest BCUT2D eigenvalue weighted by Gasteiger charge is -2.19. The van der Waals surface area contributed by atoms with Crippen LogP contribution >= 0.6 is 11.6 Å². The molecular weight excluding hydrogens is 240 g/mol. The Balaban J connectivity index is 2.85. The van der Waals surface area contributed by atoms with Crippen LogP contribution in [-0.2, 0) is 4.79 Å². The van der Waals surface area contributed by atoms with Crippen LogP contribution in [0.3, 0.4) is 0 Å². The summed E-state index contributed by atoms with van der Waals surface area (Å²) < 4.78 is 0. The summed E-state index contributed by atoms with van der Waals surface area (Å²) in [7, 11) is 0. The molecule has 0 unspecified atom stereocenters. The summed E-state index contributed by atoms with van der Waals surface area (Å²) in [6.45, 7) is 3.62. The summed E-state index contributed by atoms with van der Waals surface area (Å²) in [6, 6.07) is 5.95. The van der Waals surface area contributed by atoms with Crippen LogP contribution in [0.5, 0.6) is 0 Å². The van der Waals surface area contributed by atoms with E-state index in [0.717, 1.165) is 0 Å². The van der Waals surface area contributed by atoms with E-state index in [-0.39, 0.29) is 5.92 Å². The van der Waals surface area contributed by atoms with Crippen LogP contribution in [0, 0.1) is 5.92 Å². The van der Waals surface area contributed by atoms with Gasteiger partial charge in [-0.3, -0.25) is 9.59 Å². The van der Waals surface area contributed by atoms with Crippen LogP contribution in [0.15, 0.2) is 24.3 Å². The van der Waals surface area contributed by atoms with Crippen molar-refractivity contribution in [2.45, 2.75) is 19.9 Å². The molecule has 0 aliphatic carbocycles. The number of primary amides is 1. The molecule has 0 bridgehead atoms. The molecule has 92 valence electrons. The van der Waals surface area contributed by atoms with Crippen molar-refractivity contribution in [1.82, 2.24) is 5.32 Å². The highest BCUT2D eigenvalue weighted by molar-refractivity contribution is 6.33. The van der Waals surface area contributed by atoms with E-state index in [9.17, 15) is 9.59 Å². The van der Waals surface area contributed by atoms with Gasteiger partial charge >= 0.3 is 0 Å². The second-order valence-corrected chi connectivity index (χ2v) is 4.48. The number of amides is 2. The molecule has 1 atom stereocenters. The van der Waals surface area contributed by atoms with Gasteiger partial charge in [0.05, 0.1) is 10.6 Å². The number of benzene rings is 1. The highest BCUT2D eigenvalue weighted by Gasteiger charge is 2.22. The van der Waals surface area contributed by atoms with Gasteiger partial charge in [-0.15, -0.1) is 0 Å². The van der Waals surface area contributed by atoms with Crippen molar-refractivity contribution in [2.75, 3.05) is 0 Å². The van der Waals surface area contributed by atoms with E-state index in [4.69, 9.17) is 17.3 Å².